The molecule has 0 atom stereocenters. The van der Waals surface area contributed by atoms with Gasteiger partial charge in [-0.25, -0.2) is 0 Å². The Kier molecular flexibility index (Phi) is 9.95. The number of halogens is 1. The number of piperidine rings is 2. The summed E-state index contributed by atoms with van der Waals surface area (Å²) in [5, 5.41) is 0. The van der Waals surface area contributed by atoms with Crippen LogP contribution in [0.2, 0.25) is 0 Å². The van der Waals surface area contributed by atoms with Gasteiger partial charge < -0.3 is 19.2 Å². The van der Waals surface area contributed by atoms with Gasteiger partial charge in [0.1, 0.15) is 23.9 Å². The van der Waals surface area contributed by atoms with E-state index in [4.69, 9.17) is 9.47 Å². The molecule has 2 aliphatic rings. The fraction of sp³-hybridized carbons (Fsp3) is 0.667. The van der Waals surface area contributed by atoms with Gasteiger partial charge in [-0.1, -0.05) is 6.42 Å². The van der Waals surface area contributed by atoms with Gasteiger partial charge >= 0.3 is 0 Å². The smallest absolute Gasteiger partial charge is 0.133 e. The first kappa shape index (κ1) is 22.0. The van der Waals surface area contributed by atoms with Gasteiger partial charge in [-0.15, -0.1) is 12.4 Å². The highest BCUT2D eigenvalue weighted by molar-refractivity contribution is 5.85. The van der Waals surface area contributed by atoms with E-state index in [1.54, 1.807) is 0 Å². The van der Waals surface area contributed by atoms with E-state index in [1.165, 1.54) is 32.4 Å². The second kappa shape index (κ2) is 12.2. The first-order valence-corrected chi connectivity index (χ1v) is 10.1. The third kappa shape index (κ3) is 7.68. The predicted molar refractivity (Wildman–Crippen MR) is 110 cm³/mol. The van der Waals surface area contributed by atoms with Crippen LogP contribution < -0.4 is 9.47 Å². The molecule has 0 aromatic heterocycles. The van der Waals surface area contributed by atoms with Gasteiger partial charge in [-0.2, -0.15) is 0 Å². The summed E-state index contributed by atoms with van der Waals surface area (Å²) in [5.41, 5.74) is 0. The Morgan fingerprint density at radius 1 is 0.926 bits per heavy atom. The van der Waals surface area contributed by atoms with Crippen LogP contribution in [0.15, 0.2) is 24.3 Å². The van der Waals surface area contributed by atoms with Crippen LogP contribution in [-0.2, 0) is 4.79 Å². The molecule has 2 aliphatic heterocycles. The number of nitrogens with zero attached hydrogens (tertiary/aromatic N) is 2. The predicted octanol–water partition coefficient (Wildman–Crippen LogP) is 3.41. The van der Waals surface area contributed by atoms with Gasteiger partial charge in [0.05, 0.1) is 13.2 Å². The molecule has 0 bridgehead atoms. The molecule has 1 aromatic carbocycles. The Hall–Kier alpha value is -1.30. The molecule has 3 rings (SSSR count). The van der Waals surface area contributed by atoms with Crippen molar-refractivity contribution in [1.29, 1.82) is 0 Å². The zero-order valence-electron chi connectivity index (χ0n) is 16.2. The topological polar surface area (TPSA) is 42.0 Å². The number of ether oxygens (including phenoxy) is 2. The normalized spacial score (nSPS) is 19.3. The summed E-state index contributed by atoms with van der Waals surface area (Å²) in [6, 6.07) is 7.99. The Labute approximate surface area is 169 Å². The van der Waals surface area contributed by atoms with Gasteiger partial charge in [-0.3, -0.25) is 4.90 Å². The third-order valence-corrected chi connectivity index (χ3v) is 5.33. The molecule has 0 saturated carbocycles. The molecular formula is C21H33ClN2O3. The van der Waals surface area contributed by atoms with E-state index in [1.807, 2.05) is 24.3 Å². The maximum atomic E-state index is 10.6. The minimum Gasteiger partial charge on any atom is -0.494 e. The van der Waals surface area contributed by atoms with Crippen LogP contribution in [0.25, 0.3) is 0 Å². The fourth-order valence-corrected chi connectivity index (χ4v) is 3.78. The van der Waals surface area contributed by atoms with Crippen LogP contribution in [0.1, 0.15) is 38.5 Å². The minimum absolute atomic E-state index is 0. The molecule has 0 N–H and O–H groups in total. The van der Waals surface area contributed by atoms with Crippen molar-refractivity contribution in [2.45, 2.75) is 44.6 Å². The molecule has 1 aromatic rings. The number of rotatable bonds is 9. The van der Waals surface area contributed by atoms with Crippen molar-refractivity contribution in [2.75, 3.05) is 45.9 Å². The molecule has 2 fully saturated rings. The van der Waals surface area contributed by atoms with Gasteiger partial charge in [0.2, 0.25) is 0 Å². The van der Waals surface area contributed by atoms with Crippen molar-refractivity contribution in [3.05, 3.63) is 24.3 Å². The molecule has 0 aliphatic carbocycles. The van der Waals surface area contributed by atoms with Gasteiger partial charge in [0.15, 0.2) is 0 Å². The summed E-state index contributed by atoms with van der Waals surface area (Å²) in [6.07, 6.45) is 8.33. The van der Waals surface area contributed by atoms with Crippen molar-refractivity contribution in [3.63, 3.8) is 0 Å². The van der Waals surface area contributed by atoms with Crippen LogP contribution in [0.5, 0.6) is 11.5 Å². The lowest BCUT2D eigenvalue weighted by molar-refractivity contribution is -0.109. The SMILES string of the molecule is Cl.O=CCN1CCC(Oc2ccc(OCCCN3CCCCC3)cc2)CC1. The number of likely N-dealkylation sites (tertiary alicyclic amines) is 2. The van der Waals surface area contributed by atoms with Crippen molar-refractivity contribution in [1.82, 2.24) is 9.80 Å². The van der Waals surface area contributed by atoms with Gasteiger partial charge in [-0.05, 0) is 69.5 Å². The number of carbonyl (C=O) groups is 1. The molecule has 0 spiro atoms. The second-order valence-electron chi connectivity index (χ2n) is 7.36. The molecule has 2 heterocycles. The summed E-state index contributed by atoms with van der Waals surface area (Å²) in [6.45, 7) is 6.82. The second-order valence-corrected chi connectivity index (χ2v) is 7.36. The Morgan fingerprint density at radius 3 is 2.26 bits per heavy atom. The van der Waals surface area contributed by atoms with E-state index in [0.29, 0.717) is 6.54 Å². The summed E-state index contributed by atoms with van der Waals surface area (Å²) in [5.74, 6) is 1.82. The first-order valence-electron chi connectivity index (χ1n) is 10.1. The molecule has 0 radical (unpaired) electrons. The zero-order valence-corrected chi connectivity index (χ0v) is 17.0. The number of aldehydes is 1. The molecule has 2 saturated heterocycles. The highest BCUT2D eigenvalue weighted by atomic mass is 35.5. The van der Waals surface area contributed by atoms with Crippen molar-refractivity contribution >= 4 is 18.7 Å². The molecule has 0 amide bonds. The highest BCUT2D eigenvalue weighted by Gasteiger charge is 2.20. The lowest BCUT2D eigenvalue weighted by Crippen LogP contribution is -2.39. The van der Waals surface area contributed by atoms with Gasteiger partial charge in [0.25, 0.3) is 0 Å². The average molecular weight is 397 g/mol. The number of carbonyl (C=O) groups excluding carboxylic acids is 1. The van der Waals surface area contributed by atoms with Crippen LogP contribution in [0.3, 0.4) is 0 Å². The average Bonchev–Trinajstić information content (AvgIpc) is 2.69. The highest BCUT2D eigenvalue weighted by Crippen LogP contribution is 2.22. The summed E-state index contributed by atoms with van der Waals surface area (Å²) in [7, 11) is 0. The van der Waals surface area contributed by atoms with Crippen molar-refractivity contribution in [2.24, 2.45) is 0 Å². The number of hydrogen-bond donors (Lipinski definition) is 0. The van der Waals surface area contributed by atoms with Crippen molar-refractivity contribution < 1.29 is 14.3 Å². The Balaban J connectivity index is 0.00000261. The van der Waals surface area contributed by atoms with Crippen LogP contribution in [0, 0.1) is 0 Å². The van der Waals surface area contributed by atoms with Gasteiger partial charge in [0, 0.05) is 19.6 Å². The number of benzene rings is 1. The largest absolute Gasteiger partial charge is 0.494 e. The van der Waals surface area contributed by atoms with Crippen LogP contribution in [-0.4, -0.2) is 68.1 Å². The first-order chi connectivity index (χ1) is 12.8. The quantitative estimate of drug-likeness (QED) is 0.472. The standard InChI is InChI=1S/C21H32N2O3.ClH/c24-17-16-23-14-9-21(10-15-23)26-20-7-5-19(6-8-20)25-18-4-13-22-11-2-1-3-12-22;/h5-8,17,21H,1-4,9-16,18H2;1H. The Morgan fingerprint density at radius 2 is 1.59 bits per heavy atom. The van der Waals surface area contributed by atoms with Crippen LogP contribution in [0.4, 0.5) is 0 Å². The Bertz CT molecular complexity index is 527. The van der Waals surface area contributed by atoms with E-state index >= 15 is 0 Å². The maximum Gasteiger partial charge on any atom is 0.133 e. The lowest BCUT2D eigenvalue weighted by atomic mass is 10.1. The third-order valence-electron chi connectivity index (χ3n) is 5.33. The molecule has 152 valence electrons. The zero-order chi connectivity index (χ0) is 18.0. The molecule has 27 heavy (non-hydrogen) atoms. The van der Waals surface area contributed by atoms with E-state index in [2.05, 4.69) is 9.80 Å². The molecule has 0 unspecified atom stereocenters. The van der Waals surface area contributed by atoms with E-state index in [0.717, 1.165) is 63.3 Å². The number of hydrogen-bond acceptors (Lipinski definition) is 5. The lowest BCUT2D eigenvalue weighted by Gasteiger charge is -2.30. The van der Waals surface area contributed by atoms with E-state index < -0.39 is 0 Å². The van der Waals surface area contributed by atoms with E-state index in [9.17, 15) is 4.79 Å². The minimum atomic E-state index is 0. The van der Waals surface area contributed by atoms with Crippen LogP contribution >= 0.6 is 12.4 Å². The van der Waals surface area contributed by atoms with Crippen molar-refractivity contribution in [3.8, 4) is 11.5 Å². The maximum absolute atomic E-state index is 10.6. The monoisotopic (exact) mass is 396 g/mol. The fourth-order valence-electron chi connectivity index (χ4n) is 3.78. The summed E-state index contributed by atoms with van der Waals surface area (Å²) in [4.78, 5) is 15.3. The molecule has 5 nitrogen and oxygen atoms in total. The summed E-state index contributed by atoms with van der Waals surface area (Å²) >= 11 is 0. The van der Waals surface area contributed by atoms with E-state index in [-0.39, 0.29) is 18.5 Å². The molecular weight excluding hydrogens is 364 g/mol. The molecule has 6 heteroatoms. The summed E-state index contributed by atoms with van der Waals surface area (Å²) < 4.78 is 11.9.